The van der Waals surface area contributed by atoms with Gasteiger partial charge in [-0.25, -0.2) is 18.8 Å². The first-order chi connectivity index (χ1) is 13.3. The van der Waals surface area contributed by atoms with Crippen molar-refractivity contribution in [2.24, 2.45) is 0 Å². The predicted molar refractivity (Wildman–Crippen MR) is 94.1 cm³/mol. The predicted octanol–water partition coefficient (Wildman–Crippen LogP) is 1.06. The summed E-state index contributed by atoms with van der Waals surface area (Å²) in [5.74, 6) is -0.508. The Hall–Kier alpha value is -3.24. The van der Waals surface area contributed by atoms with E-state index in [1.165, 1.54) is 15.9 Å². The third-order valence-corrected chi connectivity index (χ3v) is 5.21. The lowest BCUT2D eigenvalue weighted by Gasteiger charge is -2.23. The third-order valence-electron chi connectivity index (χ3n) is 5.21. The van der Waals surface area contributed by atoms with Crippen LogP contribution >= 0.6 is 0 Å². The number of carbonyl (C=O) groups excluding carboxylic acids is 2. The van der Waals surface area contributed by atoms with Gasteiger partial charge in [0.2, 0.25) is 0 Å². The average Bonchev–Trinajstić information content (AvgIpc) is 3.29. The summed E-state index contributed by atoms with van der Waals surface area (Å²) in [5, 5.41) is 10.8. The van der Waals surface area contributed by atoms with Crippen LogP contribution in [0, 0.1) is 5.82 Å². The Morgan fingerprint density at radius 2 is 2.04 bits per heavy atom. The van der Waals surface area contributed by atoms with Crippen molar-refractivity contribution in [1.29, 1.82) is 0 Å². The largest absolute Gasteiger partial charge is 0.465 e. The van der Waals surface area contributed by atoms with Crippen LogP contribution in [0.4, 0.5) is 30.1 Å². The molecule has 0 bridgehead atoms. The zero-order valence-electron chi connectivity index (χ0n) is 15.0. The number of carboxylic acid groups (broad SMARTS) is 1. The summed E-state index contributed by atoms with van der Waals surface area (Å²) in [7, 11) is 1.66. The van der Waals surface area contributed by atoms with Crippen molar-refractivity contribution in [2.45, 2.75) is 18.2 Å². The maximum absolute atomic E-state index is 14.8. The van der Waals surface area contributed by atoms with Crippen LogP contribution in [-0.4, -0.2) is 79.8 Å². The first-order valence-corrected chi connectivity index (χ1v) is 8.76. The Bertz CT molecular complexity index is 836. The maximum atomic E-state index is 14.8. The van der Waals surface area contributed by atoms with Crippen molar-refractivity contribution in [3.05, 3.63) is 24.0 Å². The van der Waals surface area contributed by atoms with E-state index in [4.69, 9.17) is 14.6 Å². The Labute approximate surface area is 159 Å². The van der Waals surface area contributed by atoms with E-state index in [0.29, 0.717) is 24.5 Å². The Balaban J connectivity index is 1.45. The lowest BCUT2D eigenvalue weighted by molar-refractivity contribution is 0.136. The molecule has 4 rings (SSSR count). The normalized spacial score (nSPS) is 26.4. The molecule has 3 heterocycles. The minimum Gasteiger partial charge on any atom is -0.465 e. The van der Waals surface area contributed by atoms with E-state index in [9.17, 15) is 18.8 Å². The van der Waals surface area contributed by atoms with Gasteiger partial charge in [0.25, 0.3) is 0 Å². The smallest absolute Gasteiger partial charge is 0.414 e. The zero-order valence-corrected chi connectivity index (χ0v) is 15.0. The van der Waals surface area contributed by atoms with Crippen LogP contribution in [0.5, 0.6) is 0 Å². The second kappa shape index (κ2) is 6.73. The number of anilines is 2. The monoisotopic (exact) mass is 394 g/mol. The van der Waals surface area contributed by atoms with Gasteiger partial charge in [0.15, 0.2) is 0 Å². The summed E-state index contributed by atoms with van der Waals surface area (Å²) in [6.07, 6.45) is -3.18. The van der Waals surface area contributed by atoms with Crippen molar-refractivity contribution in [1.82, 2.24) is 10.2 Å². The molecule has 0 saturated carbocycles. The van der Waals surface area contributed by atoms with E-state index in [0.717, 1.165) is 0 Å². The number of cyclic esters (lactones) is 1. The lowest BCUT2D eigenvalue weighted by Crippen LogP contribution is -2.35. The molecule has 10 nitrogen and oxygen atoms in total. The van der Waals surface area contributed by atoms with Crippen LogP contribution in [0.1, 0.15) is 0 Å². The molecule has 0 spiro atoms. The maximum Gasteiger partial charge on any atom is 0.414 e. The summed E-state index contributed by atoms with van der Waals surface area (Å²) in [4.78, 5) is 38.7. The van der Waals surface area contributed by atoms with Crippen LogP contribution in [0.2, 0.25) is 0 Å². The zero-order chi connectivity index (χ0) is 20.0. The molecule has 1 unspecified atom stereocenters. The number of halogens is 1. The van der Waals surface area contributed by atoms with Crippen molar-refractivity contribution < 1.29 is 33.4 Å². The topological polar surface area (TPSA) is 112 Å². The van der Waals surface area contributed by atoms with Crippen molar-refractivity contribution in [3.8, 4) is 0 Å². The molecule has 1 aromatic carbocycles. The molecular formula is C17H19FN4O6. The van der Waals surface area contributed by atoms with Gasteiger partial charge in [-0.3, -0.25) is 4.90 Å². The number of ether oxygens (including phenoxy) is 2. The summed E-state index contributed by atoms with van der Waals surface area (Å²) in [6.45, 7) is 0.928. The number of nitrogens with one attached hydrogen (secondary N) is 1. The van der Waals surface area contributed by atoms with Gasteiger partial charge >= 0.3 is 18.3 Å². The van der Waals surface area contributed by atoms with Gasteiger partial charge in [-0.1, -0.05) is 0 Å². The highest BCUT2D eigenvalue weighted by Gasteiger charge is 2.46. The standard InChI is InChI=1S/C17H19FN4O6/c1-20-13-7-21(8-14(13)28-16(20)25)12-3-2-9(4-11(12)18)22-6-10(27-17(22)26)5-19-15(23)24/h2-4,10,13-14,19H,5-8H2,1H3,(H,23,24)/t10?,13-,14+/m0/s1. The van der Waals surface area contributed by atoms with Crippen LogP contribution in [-0.2, 0) is 9.47 Å². The van der Waals surface area contributed by atoms with Crippen molar-refractivity contribution in [3.63, 3.8) is 0 Å². The number of nitrogens with zero attached hydrogens (tertiary/aromatic N) is 3. The Morgan fingerprint density at radius 1 is 1.25 bits per heavy atom. The second-order valence-corrected chi connectivity index (χ2v) is 6.94. The van der Waals surface area contributed by atoms with Gasteiger partial charge in [-0.2, -0.15) is 0 Å². The molecule has 0 aliphatic carbocycles. The SMILES string of the molecule is CN1C(=O)O[C@@H]2CN(c3ccc(N4CC(CNC(=O)O)OC4=O)cc3F)C[C@@H]21. The van der Waals surface area contributed by atoms with Gasteiger partial charge < -0.3 is 29.7 Å². The fourth-order valence-corrected chi connectivity index (χ4v) is 3.75. The molecule has 3 saturated heterocycles. The van der Waals surface area contributed by atoms with E-state index in [2.05, 4.69) is 5.32 Å². The molecule has 3 aliphatic rings. The van der Waals surface area contributed by atoms with Gasteiger partial charge in [0.1, 0.15) is 18.0 Å². The van der Waals surface area contributed by atoms with Gasteiger partial charge in [0, 0.05) is 13.6 Å². The fraction of sp³-hybridized carbons (Fsp3) is 0.471. The first kappa shape index (κ1) is 18.1. The molecule has 3 amide bonds. The van der Waals surface area contributed by atoms with Crippen LogP contribution in [0.3, 0.4) is 0 Å². The molecule has 1 aromatic rings. The number of carbonyl (C=O) groups is 3. The number of rotatable bonds is 4. The van der Waals surface area contributed by atoms with E-state index in [1.807, 2.05) is 0 Å². The van der Waals surface area contributed by atoms with Crippen molar-refractivity contribution >= 4 is 29.7 Å². The molecule has 150 valence electrons. The van der Waals surface area contributed by atoms with Gasteiger partial charge in [-0.15, -0.1) is 0 Å². The summed E-state index contributed by atoms with van der Waals surface area (Å²) < 4.78 is 25.1. The molecule has 11 heteroatoms. The summed E-state index contributed by atoms with van der Waals surface area (Å²) in [5.41, 5.74) is 0.686. The minimum absolute atomic E-state index is 0.0407. The number of fused-ring (bicyclic) bond motifs is 1. The molecule has 0 aromatic heterocycles. The van der Waals surface area contributed by atoms with E-state index >= 15 is 0 Å². The number of hydrogen-bond acceptors (Lipinski definition) is 6. The van der Waals surface area contributed by atoms with Gasteiger partial charge in [0.05, 0.1) is 37.1 Å². The first-order valence-electron chi connectivity index (χ1n) is 8.76. The quantitative estimate of drug-likeness (QED) is 0.785. The fourth-order valence-electron chi connectivity index (χ4n) is 3.75. The van der Waals surface area contributed by atoms with Crippen molar-refractivity contribution in [2.75, 3.05) is 43.0 Å². The van der Waals surface area contributed by atoms with E-state index in [-0.39, 0.29) is 31.3 Å². The molecule has 3 aliphatic heterocycles. The molecule has 3 atom stereocenters. The molecule has 3 fully saturated rings. The summed E-state index contributed by atoms with van der Waals surface area (Å²) in [6, 6.07) is 4.30. The average molecular weight is 394 g/mol. The Morgan fingerprint density at radius 3 is 2.71 bits per heavy atom. The van der Waals surface area contributed by atoms with E-state index < -0.39 is 24.1 Å². The van der Waals surface area contributed by atoms with Crippen LogP contribution in [0.15, 0.2) is 18.2 Å². The van der Waals surface area contributed by atoms with E-state index in [1.54, 1.807) is 24.1 Å². The molecule has 28 heavy (non-hydrogen) atoms. The molecule has 0 radical (unpaired) electrons. The lowest BCUT2D eigenvalue weighted by atomic mass is 10.2. The highest BCUT2D eigenvalue weighted by Crippen LogP contribution is 2.33. The minimum atomic E-state index is -1.21. The number of likely N-dealkylation sites (N-methyl/N-ethyl adjacent to an activating group) is 1. The number of hydrogen-bond donors (Lipinski definition) is 2. The molecule has 2 N–H and O–H groups in total. The third kappa shape index (κ3) is 3.12. The number of amides is 3. The highest BCUT2D eigenvalue weighted by atomic mass is 19.1. The number of benzene rings is 1. The highest BCUT2D eigenvalue weighted by molar-refractivity contribution is 5.90. The molecular weight excluding hydrogens is 375 g/mol. The Kier molecular flexibility index (Phi) is 4.36. The van der Waals surface area contributed by atoms with Gasteiger partial charge in [-0.05, 0) is 18.2 Å². The second-order valence-electron chi connectivity index (χ2n) is 6.94. The van der Waals surface area contributed by atoms with Crippen LogP contribution in [0.25, 0.3) is 0 Å². The summed E-state index contributed by atoms with van der Waals surface area (Å²) >= 11 is 0. The van der Waals surface area contributed by atoms with Crippen LogP contribution < -0.4 is 15.1 Å².